The molecule has 0 heterocycles. The number of unbranched alkanes of at least 4 members (excludes halogenated alkanes) is 41. The van der Waals surface area contributed by atoms with Crippen molar-refractivity contribution in [2.24, 2.45) is 0 Å². The molecule has 0 aliphatic carbocycles. The van der Waals surface area contributed by atoms with E-state index in [1.54, 1.807) is 0 Å². The molecule has 9 nitrogen and oxygen atoms in total. The Hall–Kier alpha value is -2.29. The summed E-state index contributed by atoms with van der Waals surface area (Å²) < 4.78 is 34.3. The Labute approximate surface area is 508 Å². The topological polar surface area (TPSA) is 111 Å². The number of esters is 2. The van der Waals surface area contributed by atoms with Gasteiger partial charge in [-0.05, 0) is 77.0 Å². The second-order valence-corrected chi connectivity index (χ2v) is 26.3. The lowest BCUT2D eigenvalue weighted by Gasteiger charge is -2.28. The van der Waals surface area contributed by atoms with Crippen molar-refractivity contribution in [2.75, 3.05) is 47.5 Å². The first-order valence-electron chi connectivity index (χ1n) is 35.0. The van der Waals surface area contributed by atoms with Gasteiger partial charge in [0.25, 0.3) is 7.82 Å². The van der Waals surface area contributed by atoms with Crippen molar-refractivity contribution in [3.05, 3.63) is 60.8 Å². The van der Waals surface area contributed by atoms with Crippen LogP contribution in [0.2, 0.25) is 0 Å². The molecular formula is C72H134NO8P. The number of ether oxygens (including phenoxy) is 2. The zero-order valence-corrected chi connectivity index (χ0v) is 55.6. The van der Waals surface area contributed by atoms with Gasteiger partial charge in [-0.3, -0.25) is 14.2 Å². The first kappa shape index (κ1) is 79.7. The van der Waals surface area contributed by atoms with Crippen molar-refractivity contribution in [3.63, 3.8) is 0 Å². The van der Waals surface area contributed by atoms with E-state index in [9.17, 15) is 19.0 Å². The first-order chi connectivity index (χ1) is 40.0. The van der Waals surface area contributed by atoms with Crippen molar-refractivity contribution < 1.29 is 42.1 Å². The number of nitrogens with zero attached hydrogens (tertiary/aromatic N) is 1. The van der Waals surface area contributed by atoms with Gasteiger partial charge in [0.15, 0.2) is 6.10 Å². The number of carbonyl (C=O) groups excluding carboxylic acids is 2. The highest BCUT2D eigenvalue weighted by molar-refractivity contribution is 7.45. The third kappa shape index (κ3) is 66.8. The number of phosphoric ester groups is 1. The molecule has 0 fully saturated rings. The molecule has 480 valence electrons. The molecule has 0 saturated carbocycles. The highest BCUT2D eigenvalue weighted by Crippen LogP contribution is 2.38. The van der Waals surface area contributed by atoms with Crippen LogP contribution in [0.25, 0.3) is 0 Å². The highest BCUT2D eigenvalue weighted by atomic mass is 31.2. The Morgan fingerprint density at radius 1 is 0.390 bits per heavy atom. The average Bonchev–Trinajstić information content (AvgIpc) is 3.46. The summed E-state index contributed by atoms with van der Waals surface area (Å²) in [5.74, 6) is -0.819. The molecule has 0 aromatic carbocycles. The number of allylic oxidation sites excluding steroid dienone is 10. The van der Waals surface area contributed by atoms with Crippen LogP contribution in [0.3, 0.4) is 0 Å². The van der Waals surface area contributed by atoms with E-state index in [0.29, 0.717) is 17.4 Å². The van der Waals surface area contributed by atoms with Gasteiger partial charge in [-0.25, -0.2) is 0 Å². The summed E-state index contributed by atoms with van der Waals surface area (Å²) in [6.07, 6.45) is 83.0. The molecule has 0 rings (SSSR count). The van der Waals surface area contributed by atoms with E-state index in [1.165, 1.54) is 238 Å². The Kier molecular flexibility index (Phi) is 61.5. The molecule has 0 aromatic rings. The number of likely N-dealkylation sites (N-methyl/N-ethyl adjacent to an activating group) is 1. The van der Waals surface area contributed by atoms with Crippen molar-refractivity contribution in [1.29, 1.82) is 0 Å². The van der Waals surface area contributed by atoms with Crippen molar-refractivity contribution in [3.8, 4) is 0 Å². The molecule has 0 bridgehead atoms. The molecule has 0 aliphatic heterocycles. The molecule has 2 atom stereocenters. The molecule has 0 aliphatic rings. The molecule has 0 aromatic heterocycles. The Morgan fingerprint density at radius 2 is 0.695 bits per heavy atom. The number of phosphoric acid groups is 1. The van der Waals surface area contributed by atoms with Gasteiger partial charge in [0.05, 0.1) is 27.7 Å². The van der Waals surface area contributed by atoms with Gasteiger partial charge in [-0.2, -0.15) is 0 Å². The molecule has 0 amide bonds. The number of hydrogen-bond acceptors (Lipinski definition) is 8. The van der Waals surface area contributed by atoms with Gasteiger partial charge in [0.2, 0.25) is 0 Å². The number of rotatable bonds is 65. The van der Waals surface area contributed by atoms with Crippen molar-refractivity contribution >= 4 is 19.8 Å². The lowest BCUT2D eigenvalue weighted by molar-refractivity contribution is -0.870. The summed E-state index contributed by atoms with van der Waals surface area (Å²) in [4.78, 5) is 38.1. The van der Waals surface area contributed by atoms with E-state index in [0.717, 1.165) is 64.2 Å². The maximum atomic E-state index is 12.9. The van der Waals surface area contributed by atoms with Crippen molar-refractivity contribution in [2.45, 2.75) is 341 Å². The normalized spacial score (nSPS) is 13.5. The largest absolute Gasteiger partial charge is 0.756 e. The fourth-order valence-corrected chi connectivity index (χ4v) is 10.9. The van der Waals surface area contributed by atoms with Gasteiger partial charge >= 0.3 is 11.9 Å². The third-order valence-electron chi connectivity index (χ3n) is 15.5. The van der Waals surface area contributed by atoms with Crippen LogP contribution < -0.4 is 4.89 Å². The molecule has 2 unspecified atom stereocenters. The SMILES string of the molecule is CC/C=C\C/C=C\C/C=C\C/C=C\CCCCCCCCCCCCCCCCC(=O)OC(COC(=O)CCCCCCCCCCCCCCCCCCCCC/C=C\CCCCCCCCCC)COP(=O)([O-])OCC[N+](C)(C)C. The van der Waals surface area contributed by atoms with Crippen LogP contribution in [0.5, 0.6) is 0 Å². The van der Waals surface area contributed by atoms with Crippen LogP contribution in [-0.4, -0.2) is 70.0 Å². The summed E-state index contributed by atoms with van der Waals surface area (Å²) in [7, 11) is 1.18. The van der Waals surface area contributed by atoms with Gasteiger partial charge < -0.3 is 27.9 Å². The summed E-state index contributed by atoms with van der Waals surface area (Å²) in [6.45, 7) is 4.18. The van der Waals surface area contributed by atoms with Gasteiger partial charge in [0.1, 0.15) is 19.8 Å². The minimum absolute atomic E-state index is 0.0304. The number of carbonyl (C=O) groups is 2. The fourth-order valence-electron chi connectivity index (χ4n) is 10.2. The van der Waals surface area contributed by atoms with Crippen LogP contribution in [0.4, 0.5) is 0 Å². The van der Waals surface area contributed by atoms with E-state index >= 15 is 0 Å². The number of quaternary nitrogens is 1. The fraction of sp³-hybridized carbons (Fsp3) is 0.833. The van der Waals surface area contributed by atoms with Gasteiger partial charge in [-0.1, -0.05) is 306 Å². The van der Waals surface area contributed by atoms with E-state index < -0.39 is 26.5 Å². The quantitative estimate of drug-likeness (QED) is 0.0195. The second kappa shape index (κ2) is 63.2. The predicted octanol–water partition coefficient (Wildman–Crippen LogP) is 22.0. The third-order valence-corrected chi connectivity index (χ3v) is 16.5. The maximum absolute atomic E-state index is 12.9. The minimum Gasteiger partial charge on any atom is -0.756 e. The summed E-state index contributed by atoms with van der Waals surface area (Å²) in [5, 5.41) is 0. The molecule has 0 N–H and O–H groups in total. The first-order valence-corrected chi connectivity index (χ1v) is 36.5. The highest BCUT2D eigenvalue weighted by Gasteiger charge is 2.22. The summed E-state index contributed by atoms with van der Waals surface area (Å²) in [5.41, 5.74) is 0. The van der Waals surface area contributed by atoms with Gasteiger partial charge in [-0.15, -0.1) is 0 Å². The van der Waals surface area contributed by atoms with E-state index in [2.05, 4.69) is 74.6 Å². The molecular weight excluding hydrogens is 1040 g/mol. The van der Waals surface area contributed by atoms with Gasteiger partial charge in [0, 0.05) is 12.8 Å². The average molecular weight is 1170 g/mol. The van der Waals surface area contributed by atoms with Crippen LogP contribution >= 0.6 is 7.82 Å². The van der Waals surface area contributed by atoms with Crippen LogP contribution in [0.1, 0.15) is 335 Å². The lowest BCUT2D eigenvalue weighted by atomic mass is 10.0. The smallest absolute Gasteiger partial charge is 0.306 e. The zero-order valence-electron chi connectivity index (χ0n) is 54.7. The molecule has 0 spiro atoms. The molecule has 0 saturated heterocycles. The summed E-state index contributed by atoms with van der Waals surface area (Å²) >= 11 is 0. The Bertz CT molecular complexity index is 1570. The lowest BCUT2D eigenvalue weighted by Crippen LogP contribution is -2.37. The monoisotopic (exact) mass is 1170 g/mol. The maximum Gasteiger partial charge on any atom is 0.306 e. The Morgan fingerprint density at radius 3 is 1.05 bits per heavy atom. The van der Waals surface area contributed by atoms with E-state index in [1.807, 2.05) is 21.1 Å². The van der Waals surface area contributed by atoms with Crippen molar-refractivity contribution in [1.82, 2.24) is 0 Å². The number of hydrogen-bond donors (Lipinski definition) is 0. The predicted molar refractivity (Wildman–Crippen MR) is 351 cm³/mol. The Balaban J connectivity index is 4.01. The zero-order chi connectivity index (χ0) is 59.8. The minimum atomic E-state index is -4.64. The standard InChI is InChI=1S/C72H134NO8P/c1-6-8-10-12-14-16-18-20-22-24-26-28-30-32-34-35-36-37-39-40-42-44-46-48-50-52-54-56-58-60-62-64-71(74)78-68-70(69-80-82(76,77)79-67-66-73(3,4)5)81-72(75)65-63-61-59-57-55-53-51-49-47-45-43-41-38-33-31-29-27-25-23-21-19-17-15-13-11-9-7-2/h9,11,15,17,21,23-24,26-27,29,70H,6-8,10,12-14,16,18-20,22,25,28,30-69H2,1-5H3/b11-9-,17-15-,23-21-,26-24-,29-27-. The van der Waals surface area contributed by atoms with Crippen LogP contribution in [0.15, 0.2) is 60.8 Å². The molecule has 82 heavy (non-hydrogen) atoms. The van der Waals surface area contributed by atoms with Crippen LogP contribution in [-0.2, 0) is 32.7 Å². The second-order valence-electron chi connectivity index (χ2n) is 24.9. The summed E-state index contributed by atoms with van der Waals surface area (Å²) in [6, 6.07) is 0. The van der Waals surface area contributed by atoms with E-state index in [4.69, 9.17) is 18.5 Å². The van der Waals surface area contributed by atoms with E-state index in [-0.39, 0.29) is 32.0 Å². The van der Waals surface area contributed by atoms with Crippen LogP contribution in [0, 0.1) is 0 Å². The molecule has 10 heteroatoms. The molecule has 0 radical (unpaired) electrons.